The lowest BCUT2D eigenvalue weighted by atomic mass is 10.1. The molecule has 0 unspecified atom stereocenters. The molecule has 1 aromatic rings. The maximum atomic E-state index is 13.2. The van der Waals surface area contributed by atoms with Crippen LogP contribution in [0.1, 0.15) is 12.8 Å². The molecule has 0 bridgehead atoms. The van der Waals surface area contributed by atoms with Gasteiger partial charge in [0.15, 0.2) is 0 Å². The fourth-order valence-corrected chi connectivity index (χ4v) is 2.23. The van der Waals surface area contributed by atoms with Gasteiger partial charge in [-0.25, -0.2) is 4.39 Å². The van der Waals surface area contributed by atoms with Crippen molar-refractivity contribution in [1.82, 2.24) is 0 Å². The number of fused-ring (bicyclic) bond motifs is 1. The van der Waals surface area contributed by atoms with Crippen LogP contribution in [0.4, 0.5) is 15.8 Å². The summed E-state index contributed by atoms with van der Waals surface area (Å²) in [6.07, 6.45) is 0.777. The summed E-state index contributed by atoms with van der Waals surface area (Å²) in [7, 11) is 1.94. The van der Waals surface area contributed by atoms with E-state index >= 15 is 0 Å². The number of halogens is 1. The van der Waals surface area contributed by atoms with Crippen molar-refractivity contribution in [3.05, 3.63) is 24.0 Å². The molecule has 1 aromatic carbocycles. The number of carboxylic acids is 1. The fraction of sp³-hybridized carbons (Fsp3) is 0.462. The first-order chi connectivity index (χ1) is 8.58. The second-order valence-corrected chi connectivity index (χ2v) is 4.54. The second kappa shape index (κ2) is 5.25. The van der Waals surface area contributed by atoms with E-state index in [9.17, 15) is 9.18 Å². The Morgan fingerprint density at radius 2 is 2.17 bits per heavy atom. The van der Waals surface area contributed by atoms with Gasteiger partial charge in [-0.15, -0.1) is 0 Å². The molecule has 98 valence electrons. The molecule has 0 amide bonds. The maximum absolute atomic E-state index is 13.2. The third-order valence-corrected chi connectivity index (χ3v) is 3.21. The van der Waals surface area contributed by atoms with E-state index in [1.165, 1.54) is 12.1 Å². The minimum atomic E-state index is -0.775. The molecule has 1 heterocycles. The van der Waals surface area contributed by atoms with Gasteiger partial charge in [0, 0.05) is 33.1 Å². The molecule has 2 rings (SSSR count). The molecule has 0 spiro atoms. The van der Waals surface area contributed by atoms with Crippen molar-refractivity contribution in [2.24, 2.45) is 0 Å². The average Bonchev–Trinajstić information content (AvgIpc) is 2.32. The third-order valence-electron chi connectivity index (χ3n) is 3.21. The lowest BCUT2D eigenvalue weighted by Crippen LogP contribution is -2.39. The van der Waals surface area contributed by atoms with E-state index in [2.05, 4.69) is 4.90 Å². The largest absolute Gasteiger partial charge is 0.481 e. The van der Waals surface area contributed by atoms with Crippen LogP contribution in [0.15, 0.2) is 18.2 Å². The van der Waals surface area contributed by atoms with E-state index in [1.54, 1.807) is 6.07 Å². The molecule has 18 heavy (non-hydrogen) atoms. The summed E-state index contributed by atoms with van der Waals surface area (Å²) in [5.41, 5.74) is 1.85. The van der Waals surface area contributed by atoms with Crippen molar-refractivity contribution in [2.75, 3.05) is 36.5 Å². The lowest BCUT2D eigenvalue weighted by Gasteiger charge is -2.37. The number of aliphatic carboxylic acids is 1. The van der Waals surface area contributed by atoms with Gasteiger partial charge in [-0.2, -0.15) is 0 Å². The van der Waals surface area contributed by atoms with Crippen LogP contribution >= 0.6 is 0 Å². The SMILES string of the molecule is CN1CCN(CCCC(=O)O)c2ccc(F)cc21. The van der Waals surface area contributed by atoms with Crippen LogP contribution in [-0.2, 0) is 4.79 Å². The first kappa shape index (κ1) is 12.7. The number of benzene rings is 1. The number of nitrogens with zero attached hydrogens (tertiary/aromatic N) is 2. The molecule has 0 aliphatic carbocycles. The summed E-state index contributed by atoms with van der Waals surface area (Å²) < 4.78 is 13.2. The highest BCUT2D eigenvalue weighted by atomic mass is 19.1. The molecule has 1 aliphatic rings. The molecular formula is C13H17FN2O2. The van der Waals surface area contributed by atoms with E-state index < -0.39 is 5.97 Å². The standard InChI is InChI=1S/C13H17FN2O2/c1-15-7-8-16(6-2-3-13(17)18)11-5-4-10(14)9-12(11)15/h4-5,9H,2-3,6-8H2,1H3,(H,17,18). The predicted molar refractivity (Wildman–Crippen MR) is 68.8 cm³/mol. The van der Waals surface area contributed by atoms with Gasteiger partial charge in [-0.1, -0.05) is 0 Å². The molecule has 0 fully saturated rings. The first-order valence-electron chi connectivity index (χ1n) is 6.05. The topological polar surface area (TPSA) is 43.8 Å². The van der Waals surface area contributed by atoms with Gasteiger partial charge in [-0.3, -0.25) is 4.79 Å². The average molecular weight is 252 g/mol. The Kier molecular flexibility index (Phi) is 3.69. The van der Waals surface area contributed by atoms with E-state index in [4.69, 9.17) is 5.11 Å². The summed E-state index contributed by atoms with van der Waals surface area (Å²) >= 11 is 0. The van der Waals surface area contributed by atoms with Crippen LogP contribution in [0.5, 0.6) is 0 Å². The number of rotatable bonds is 4. The van der Waals surface area contributed by atoms with E-state index in [1.807, 2.05) is 11.9 Å². The molecule has 0 saturated heterocycles. The molecule has 4 nitrogen and oxygen atoms in total. The molecule has 0 atom stereocenters. The fourth-order valence-electron chi connectivity index (χ4n) is 2.23. The van der Waals surface area contributed by atoms with Gasteiger partial charge in [-0.05, 0) is 24.6 Å². The Balaban J connectivity index is 2.11. The van der Waals surface area contributed by atoms with E-state index in [0.29, 0.717) is 13.0 Å². The summed E-state index contributed by atoms with van der Waals surface area (Å²) in [5, 5.41) is 8.64. The van der Waals surface area contributed by atoms with Gasteiger partial charge in [0.2, 0.25) is 0 Å². The van der Waals surface area contributed by atoms with Gasteiger partial charge in [0.1, 0.15) is 5.82 Å². The molecular weight excluding hydrogens is 235 g/mol. The smallest absolute Gasteiger partial charge is 0.303 e. The summed E-state index contributed by atoms with van der Waals surface area (Å²) in [4.78, 5) is 14.6. The Hall–Kier alpha value is -1.78. The van der Waals surface area contributed by atoms with Crippen LogP contribution < -0.4 is 9.80 Å². The van der Waals surface area contributed by atoms with Gasteiger partial charge in [0.25, 0.3) is 0 Å². The first-order valence-corrected chi connectivity index (χ1v) is 6.05. The second-order valence-electron chi connectivity index (χ2n) is 4.54. The third kappa shape index (κ3) is 2.72. The Morgan fingerprint density at radius 3 is 2.89 bits per heavy atom. The van der Waals surface area contributed by atoms with Crippen LogP contribution in [0.3, 0.4) is 0 Å². The number of carbonyl (C=O) groups is 1. The zero-order valence-electron chi connectivity index (χ0n) is 10.4. The Morgan fingerprint density at radius 1 is 1.39 bits per heavy atom. The molecule has 1 aliphatic heterocycles. The molecule has 0 radical (unpaired) electrons. The molecule has 0 aromatic heterocycles. The van der Waals surface area contributed by atoms with E-state index in [0.717, 1.165) is 24.5 Å². The summed E-state index contributed by atoms with van der Waals surface area (Å²) in [6.45, 7) is 2.36. The van der Waals surface area contributed by atoms with Crippen LogP contribution in [0.25, 0.3) is 0 Å². The van der Waals surface area contributed by atoms with Crippen molar-refractivity contribution in [1.29, 1.82) is 0 Å². The number of carboxylic acid groups (broad SMARTS) is 1. The summed E-state index contributed by atoms with van der Waals surface area (Å²) in [6, 6.07) is 4.74. The monoisotopic (exact) mass is 252 g/mol. The Labute approximate surface area is 106 Å². The van der Waals surface area contributed by atoms with Crippen LogP contribution in [0.2, 0.25) is 0 Å². The Bertz CT molecular complexity index is 451. The lowest BCUT2D eigenvalue weighted by molar-refractivity contribution is -0.137. The summed E-state index contributed by atoms with van der Waals surface area (Å²) in [5.74, 6) is -1.02. The maximum Gasteiger partial charge on any atom is 0.303 e. The van der Waals surface area contributed by atoms with Gasteiger partial charge < -0.3 is 14.9 Å². The van der Waals surface area contributed by atoms with Crippen molar-refractivity contribution >= 4 is 17.3 Å². The van der Waals surface area contributed by atoms with Crippen molar-refractivity contribution < 1.29 is 14.3 Å². The number of hydrogen-bond acceptors (Lipinski definition) is 3. The molecule has 1 N–H and O–H groups in total. The van der Waals surface area contributed by atoms with Gasteiger partial charge >= 0.3 is 5.97 Å². The normalized spacial score (nSPS) is 14.6. The van der Waals surface area contributed by atoms with Crippen molar-refractivity contribution in [3.63, 3.8) is 0 Å². The van der Waals surface area contributed by atoms with E-state index in [-0.39, 0.29) is 12.2 Å². The molecule has 0 saturated carbocycles. The zero-order valence-corrected chi connectivity index (χ0v) is 10.4. The minimum absolute atomic E-state index is 0.170. The number of likely N-dealkylation sites (N-methyl/N-ethyl adjacent to an activating group) is 1. The zero-order chi connectivity index (χ0) is 13.1. The van der Waals surface area contributed by atoms with Gasteiger partial charge in [0.05, 0.1) is 11.4 Å². The van der Waals surface area contributed by atoms with Crippen molar-refractivity contribution in [3.8, 4) is 0 Å². The number of hydrogen-bond donors (Lipinski definition) is 1. The van der Waals surface area contributed by atoms with Crippen LogP contribution in [-0.4, -0.2) is 37.8 Å². The highest BCUT2D eigenvalue weighted by Gasteiger charge is 2.20. The number of anilines is 2. The quantitative estimate of drug-likeness (QED) is 0.889. The highest BCUT2D eigenvalue weighted by Crippen LogP contribution is 2.32. The van der Waals surface area contributed by atoms with Crippen LogP contribution in [0, 0.1) is 5.82 Å². The van der Waals surface area contributed by atoms with Crippen molar-refractivity contribution in [2.45, 2.75) is 12.8 Å². The molecule has 5 heteroatoms. The predicted octanol–water partition coefficient (Wildman–Crippen LogP) is 1.95. The minimum Gasteiger partial charge on any atom is -0.481 e. The highest BCUT2D eigenvalue weighted by molar-refractivity contribution is 5.73.